The van der Waals surface area contributed by atoms with Gasteiger partial charge in [-0.25, -0.2) is 4.79 Å². The fourth-order valence-electron chi connectivity index (χ4n) is 4.57. The molecule has 30 heavy (non-hydrogen) atoms. The van der Waals surface area contributed by atoms with E-state index in [9.17, 15) is 14.4 Å². The molecular weight excluding hydrogens is 386 g/mol. The lowest BCUT2D eigenvalue weighted by atomic mass is 9.78. The van der Waals surface area contributed by atoms with Crippen molar-refractivity contribution in [3.63, 3.8) is 0 Å². The smallest absolute Gasteiger partial charge is 0.325 e. The molecule has 2 fully saturated rings. The summed E-state index contributed by atoms with van der Waals surface area (Å²) in [5, 5.41) is 5.76. The number of nitrogens with zero attached hydrogens (tertiary/aromatic N) is 1. The molecule has 0 spiro atoms. The maximum atomic E-state index is 13.1. The molecule has 4 atom stereocenters. The summed E-state index contributed by atoms with van der Waals surface area (Å²) in [7, 11) is 0. The van der Waals surface area contributed by atoms with Crippen LogP contribution < -0.4 is 20.1 Å². The van der Waals surface area contributed by atoms with Crippen molar-refractivity contribution in [3.05, 3.63) is 23.8 Å². The van der Waals surface area contributed by atoms with Crippen molar-refractivity contribution in [1.29, 1.82) is 0 Å². The molecule has 3 aliphatic rings. The number of hydrogen-bond donors (Lipinski definition) is 2. The average Bonchev–Trinajstić information content (AvgIpc) is 2.95. The van der Waals surface area contributed by atoms with Crippen molar-refractivity contribution in [2.24, 2.45) is 11.8 Å². The van der Waals surface area contributed by atoms with E-state index in [4.69, 9.17) is 9.47 Å². The van der Waals surface area contributed by atoms with Crippen LogP contribution in [0.2, 0.25) is 0 Å². The van der Waals surface area contributed by atoms with E-state index >= 15 is 0 Å². The maximum absolute atomic E-state index is 13.1. The molecule has 2 aliphatic heterocycles. The van der Waals surface area contributed by atoms with E-state index in [1.54, 1.807) is 25.1 Å². The molecule has 2 heterocycles. The summed E-state index contributed by atoms with van der Waals surface area (Å²) in [6, 6.07) is 4.68. The second-order valence-electron chi connectivity index (χ2n) is 8.75. The summed E-state index contributed by atoms with van der Waals surface area (Å²) in [5.41, 5.74) is -0.678. The highest BCUT2D eigenvalue weighted by atomic mass is 16.6. The number of urea groups is 1. The Bertz CT molecular complexity index is 872. The van der Waals surface area contributed by atoms with Gasteiger partial charge in [-0.15, -0.1) is 0 Å². The minimum Gasteiger partial charge on any atom is -0.486 e. The van der Waals surface area contributed by atoms with E-state index in [0.29, 0.717) is 42.1 Å². The first-order chi connectivity index (χ1) is 14.3. The largest absolute Gasteiger partial charge is 0.486 e. The molecule has 1 aromatic rings. The van der Waals surface area contributed by atoms with Gasteiger partial charge in [-0.2, -0.15) is 0 Å². The lowest BCUT2D eigenvalue weighted by Crippen LogP contribution is -2.49. The van der Waals surface area contributed by atoms with Crippen LogP contribution in [0.5, 0.6) is 11.5 Å². The van der Waals surface area contributed by atoms with Gasteiger partial charge < -0.3 is 20.1 Å². The first-order valence-corrected chi connectivity index (χ1v) is 10.6. The molecule has 0 aromatic heterocycles. The van der Waals surface area contributed by atoms with Crippen LogP contribution in [0.4, 0.5) is 4.79 Å². The molecule has 1 aromatic carbocycles. The summed E-state index contributed by atoms with van der Waals surface area (Å²) < 4.78 is 11.1. The SMILES string of the molecule is CC1CCCC(NC(=O)CN2C(=O)NC(C)(c3ccc4c(c3)OCCO4)C2=O)C1C. The molecule has 162 valence electrons. The highest BCUT2D eigenvalue weighted by Gasteiger charge is 2.50. The molecule has 0 radical (unpaired) electrons. The third kappa shape index (κ3) is 3.59. The standard InChI is InChI=1S/C22H29N3O5/c1-13-5-4-6-16(14(13)2)23-19(26)12-25-20(27)22(3,24-21(25)28)15-7-8-17-18(11-15)30-10-9-29-17/h7-8,11,13-14,16H,4-6,9-10,12H2,1-3H3,(H,23,26)(H,24,28). The first-order valence-electron chi connectivity index (χ1n) is 10.6. The van der Waals surface area contributed by atoms with Gasteiger partial charge in [0.25, 0.3) is 5.91 Å². The number of carbonyl (C=O) groups excluding carboxylic acids is 3. The predicted molar refractivity (Wildman–Crippen MR) is 109 cm³/mol. The van der Waals surface area contributed by atoms with Crippen LogP contribution in [-0.4, -0.2) is 48.5 Å². The Morgan fingerprint density at radius 2 is 1.93 bits per heavy atom. The van der Waals surface area contributed by atoms with Gasteiger partial charge in [0.2, 0.25) is 5.91 Å². The van der Waals surface area contributed by atoms with Gasteiger partial charge in [-0.1, -0.05) is 32.8 Å². The molecule has 4 amide bonds. The number of amides is 4. The monoisotopic (exact) mass is 415 g/mol. The van der Waals surface area contributed by atoms with Crippen molar-refractivity contribution < 1.29 is 23.9 Å². The van der Waals surface area contributed by atoms with Crippen molar-refractivity contribution in [2.45, 2.75) is 51.6 Å². The van der Waals surface area contributed by atoms with Crippen molar-refractivity contribution >= 4 is 17.8 Å². The minimum atomic E-state index is -1.26. The third-order valence-corrected chi connectivity index (χ3v) is 6.75. The quantitative estimate of drug-likeness (QED) is 0.735. The number of carbonyl (C=O) groups is 3. The third-order valence-electron chi connectivity index (χ3n) is 6.75. The Hall–Kier alpha value is -2.77. The van der Waals surface area contributed by atoms with Gasteiger partial charge in [0.05, 0.1) is 0 Å². The normalized spacial score (nSPS) is 30.8. The van der Waals surface area contributed by atoms with Crippen LogP contribution in [0, 0.1) is 11.8 Å². The molecule has 1 aliphatic carbocycles. The Morgan fingerprint density at radius 3 is 2.70 bits per heavy atom. The van der Waals surface area contributed by atoms with E-state index in [-0.39, 0.29) is 18.5 Å². The lowest BCUT2D eigenvalue weighted by Gasteiger charge is -2.34. The summed E-state index contributed by atoms with van der Waals surface area (Å²) in [4.78, 5) is 39.3. The van der Waals surface area contributed by atoms with Crippen LogP contribution >= 0.6 is 0 Å². The Labute approximate surface area is 176 Å². The summed E-state index contributed by atoms with van der Waals surface area (Å²) >= 11 is 0. The van der Waals surface area contributed by atoms with Crippen molar-refractivity contribution in [3.8, 4) is 11.5 Å². The van der Waals surface area contributed by atoms with Gasteiger partial charge in [0.1, 0.15) is 25.3 Å². The number of hydrogen-bond acceptors (Lipinski definition) is 5. The van der Waals surface area contributed by atoms with E-state index in [0.717, 1.165) is 24.2 Å². The highest BCUT2D eigenvalue weighted by molar-refractivity contribution is 6.09. The molecule has 4 rings (SSSR count). The number of fused-ring (bicyclic) bond motifs is 1. The Morgan fingerprint density at radius 1 is 1.20 bits per heavy atom. The van der Waals surface area contributed by atoms with Crippen LogP contribution in [0.15, 0.2) is 18.2 Å². The molecule has 8 nitrogen and oxygen atoms in total. The van der Waals surface area contributed by atoms with Gasteiger partial charge in [0.15, 0.2) is 11.5 Å². The predicted octanol–water partition coefficient (Wildman–Crippen LogP) is 2.17. The van der Waals surface area contributed by atoms with Crippen LogP contribution in [0.3, 0.4) is 0 Å². The second-order valence-corrected chi connectivity index (χ2v) is 8.75. The van der Waals surface area contributed by atoms with E-state index in [1.807, 2.05) is 0 Å². The highest BCUT2D eigenvalue weighted by Crippen LogP contribution is 2.37. The molecule has 1 saturated heterocycles. The van der Waals surface area contributed by atoms with E-state index < -0.39 is 17.5 Å². The molecular formula is C22H29N3O5. The van der Waals surface area contributed by atoms with E-state index in [2.05, 4.69) is 24.5 Å². The minimum absolute atomic E-state index is 0.0752. The van der Waals surface area contributed by atoms with Gasteiger partial charge in [0, 0.05) is 6.04 Å². The fraction of sp³-hybridized carbons (Fsp3) is 0.591. The maximum Gasteiger partial charge on any atom is 0.325 e. The van der Waals surface area contributed by atoms with Gasteiger partial charge >= 0.3 is 6.03 Å². The van der Waals surface area contributed by atoms with Gasteiger partial charge in [-0.3, -0.25) is 14.5 Å². The summed E-state index contributed by atoms with van der Waals surface area (Å²) in [6.07, 6.45) is 3.16. The zero-order valence-corrected chi connectivity index (χ0v) is 17.7. The fourth-order valence-corrected chi connectivity index (χ4v) is 4.57. The lowest BCUT2D eigenvalue weighted by molar-refractivity contribution is -0.135. The van der Waals surface area contributed by atoms with Crippen LogP contribution in [0.1, 0.15) is 45.6 Å². The average molecular weight is 415 g/mol. The zero-order valence-electron chi connectivity index (χ0n) is 17.7. The number of benzene rings is 1. The zero-order chi connectivity index (χ0) is 21.5. The molecule has 8 heteroatoms. The number of imide groups is 1. The first kappa shape index (κ1) is 20.5. The molecule has 1 saturated carbocycles. The van der Waals surface area contributed by atoms with E-state index in [1.165, 1.54) is 0 Å². The van der Waals surface area contributed by atoms with Crippen molar-refractivity contribution in [2.75, 3.05) is 19.8 Å². The summed E-state index contributed by atoms with van der Waals surface area (Å²) in [5.74, 6) is 1.30. The number of rotatable bonds is 4. The number of ether oxygens (including phenoxy) is 2. The molecule has 4 unspecified atom stereocenters. The van der Waals surface area contributed by atoms with Crippen LogP contribution in [-0.2, 0) is 15.1 Å². The second kappa shape index (κ2) is 7.81. The van der Waals surface area contributed by atoms with Crippen LogP contribution in [0.25, 0.3) is 0 Å². The molecule has 2 N–H and O–H groups in total. The topological polar surface area (TPSA) is 97.0 Å². The Kier molecular flexibility index (Phi) is 5.34. The van der Waals surface area contributed by atoms with Crippen molar-refractivity contribution in [1.82, 2.24) is 15.5 Å². The van der Waals surface area contributed by atoms with Gasteiger partial charge in [-0.05, 0) is 42.9 Å². The Balaban J connectivity index is 1.46. The number of nitrogens with one attached hydrogen (secondary N) is 2. The molecule has 0 bridgehead atoms. The summed E-state index contributed by atoms with van der Waals surface area (Å²) in [6.45, 7) is 6.59.